The summed E-state index contributed by atoms with van der Waals surface area (Å²) in [5.74, 6) is -3.82. The highest BCUT2D eigenvalue weighted by molar-refractivity contribution is 7.87. The average molecular weight is 845 g/mol. The van der Waals surface area contributed by atoms with Gasteiger partial charge in [-0.15, -0.1) is 6.58 Å². The highest BCUT2D eigenvalue weighted by atomic mass is 32.2. The number of likely N-dealkylation sites (tertiary alicyclic amines) is 2. The van der Waals surface area contributed by atoms with Gasteiger partial charge in [0.1, 0.15) is 0 Å². The minimum absolute atomic E-state index is 0.0404. The van der Waals surface area contributed by atoms with Crippen LogP contribution in [0.1, 0.15) is 157 Å². The Kier molecular flexibility index (Phi) is 10.5. The summed E-state index contributed by atoms with van der Waals surface area (Å²) in [7, 11) is -4.11. The van der Waals surface area contributed by atoms with E-state index in [9.17, 15) is 27.6 Å². The lowest BCUT2D eigenvalue weighted by atomic mass is 9.73. The lowest BCUT2D eigenvalue weighted by molar-refractivity contribution is -0.147. The number of nitrogens with zero attached hydrogens (tertiary/aromatic N) is 3. The smallest absolute Gasteiger partial charge is 0.303 e. The number of likely N-dealkylation sites (N-methyl/N-ethyl adjacent to an activating group) is 1. The fourth-order valence-corrected chi connectivity index (χ4v) is 14.1. The lowest BCUT2D eigenvalue weighted by Gasteiger charge is -2.38. The summed E-state index contributed by atoms with van der Waals surface area (Å²) in [4.78, 5) is 76.3. The third-order valence-electron chi connectivity index (χ3n) is 16.9. The van der Waals surface area contributed by atoms with Gasteiger partial charge < -0.3 is 10.2 Å². The van der Waals surface area contributed by atoms with E-state index in [1.807, 2.05) is 20.8 Å². The van der Waals surface area contributed by atoms with E-state index in [0.29, 0.717) is 64.6 Å². The van der Waals surface area contributed by atoms with E-state index in [1.54, 1.807) is 11.0 Å². The fraction of sp³-hybridized carbons (Fsp3) is 0.848. The third kappa shape index (κ3) is 7.67. The monoisotopic (exact) mass is 845 g/mol. The number of rotatable bonds is 15. The standard InChI is InChI=1S/C46H73N5O7S/c1-8-32-27-44(32,41(56)48-59(57,58)50-24-15-16-25-50)29-37(53)35-28-46(43(6,7)45(46)21-17-22-45)30-51(35)40(55)33(42(3,4)5)26-36(52)38(31-18-11-10-12-19-31)47-39(54)34-20-13-14-23-49(34)9-2/h8,31-35,38H,1,9-30H2,2-7H3,(H,47,54)(H,48,56)/t32-,33-,34+,35+,38?,44-,46-/m1/s1/i2D3,9D2. The maximum atomic E-state index is 15.4. The largest absolute Gasteiger partial charge is 0.345 e. The molecule has 13 heteroatoms. The van der Waals surface area contributed by atoms with Crippen LogP contribution in [0.2, 0.25) is 0 Å². The van der Waals surface area contributed by atoms with E-state index < -0.39 is 76.2 Å². The molecule has 2 N–H and O–H groups in total. The first kappa shape index (κ1) is 38.1. The molecule has 2 spiro atoms. The number of carbonyl (C=O) groups is 5. The molecule has 3 aliphatic heterocycles. The van der Waals surface area contributed by atoms with E-state index in [0.717, 1.165) is 43.4 Å². The van der Waals surface area contributed by atoms with Gasteiger partial charge in [0, 0.05) is 50.7 Å². The Labute approximate surface area is 361 Å². The molecule has 0 aromatic heterocycles. The summed E-state index contributed by atoms with van der Waals surface area (Å²) in [6.07, 6.45) is 11.7. The molecule has 0 aromatic carbocycles. The number of Topliss-reactive ketones (excluding diaryl/α,β-unsaturated/α-hetero) is 2. The second-order valence-electron chi connectivity index (χ2n) is 21.0. The number of piperidine rings is 1. The third-order valence-corrected chi connectivity index (χ3v) is 18.4. The van der Waals surface area contributed by atoms with Gasteiger partial charge in [0.05, 0.1) is 23.5 Å². The van der Waals surface area contributed by atoms with Crippen molar-refractivity contribution in [2.24, 2.45) is 44.8 Å². The van der Waals surface area contributed by atoms with Crippen molar-refractivity contribution in [1.82, 2.24) is 24.1 Å². The molecule has 0 bridgehead atoms. The SMILES string of the molecule is [2H]C([2H])([2H])C([2H])([2H])N1CCCC[C@H]1C(=O)NC(C(=O)C[C@H](C(=O)N1C[C@]2(C[C@H]1C(=O)C[C@]1(C(=O)NS(=O)(=O)N3CCCC3)C[C@H]1C=C)C(C)(C)C21CCC1)C(C)(C)C)C1CCCCC1. The molecule has 330 valence electrons. The molecule has 7 aliphatic rings. The normalized spacial score (nSPS) is 34.6. The van der Waals surface area contributed by atoms with Gasteiger partial charge in [-0.3, -0.25) is 28.9 Å². The van der Waals surface area contributed by atoms with Crippen LogP contribution >= 0.6 is 0 Å². The van der Waals surface area contributed by atoms with Gasteiger partial charge in [-0.2, -0.15) is 12.7 Å². The minimum atomic E-state index is -4.11. The Morgan fingerprint density at radius 1 is 0.898 bits per heavy atom. The first-order valence-electron chi connectivity index (χ1n) is 25.1. The number of allylic oxidation sites excluding steroid dienone is 1. The van der Waals surface area contributed by atoms with Crippen molar-refractivity contribution in [2.75, 3.05) is 32.7 Å². The molecule has 4 aliphatic carbocycles. The van der Waals surface area contributed by atoms with Gasteiger partial charge in [0.15, 0.2) is 11.6 Å². The van der Waals surface area contributed by atoms with Crippen LogP contribution in [0, 0.1) is 44.8 Å². The van der Waals surface area contributed by atoms with Crippen LogP contribution in [0.4, 0.5) is 0 Å². The Morgan fingerprint density at radius 3 is 2.14 bits per heavy atom. The number of hydrogen-bond acceptors (Lipinski definition) is 8. The Hall–Kier alpha value is -2.64. The van der Waals surface area contributed by atoms with E-state index >= 15 is 4.79 Å². The van der Waals surface area contributed by atoms with Gasteiger partial charge in [-0.1, -0.05) is 79.7 Å². The predicted molar refractivity (Wildman–Crippen MR) is 227 cm³/mol. The van der Waals surface area contributed by atoms with Crippen LogP contribution in [-0.2, 0) is 34.2 Å². The molecule has 0 radical (unpaired) electrons. The van der Waals surface area contributed by atoms with Gasteiger partial charge in [0.2, 0.25) is 17.7 Å². The zero-order valence-electron chi connectivity index (χ0n) is 41.2. The second-order valence-corrected chi connectivity index (χ2v) is 22.7. The molecule has 7 atom stereocenters. The Bertz CT molecular complexity index is 1990. The first-order valence-corrected chi connectivity index (χ1v) is 24.0. The summed E-state index contributed by atoms with van der Waals surface area (Å²) in [6, 6.07) is -2.96. The fourth-order valence-electron chi connectivity index (χ4n) is 12.8. The topological polar surface area (TPSA) is 153 Å². The van der Waals surface area contributed by atoms with E-state index in [2.05, 4.69) is 30.5 Å². The van der Waals surface area contributed by atoms with E-state index in [4.69, 9.17) is 6.85 Å². The highest BCUT2D eigenvalue weighted by Crippen LogP contribution is 2.88. The summed E-state index contributed by atoms with van der Waals surface area (Å²) < 4.78 is 70.8. The van der Waals surface area contributed by atoms with Crippen molar-refractivity contribution < 1.29 is 39.2 Å². The molecule has 7 rings (SSSR count). The van der Waals surface area contributed by atoms with Crippen molar-refractivity contribution in [1.29, 1.82) is 0 Å². The molecule has 3 saturated heterocycles. The molecule has 3 heterocycles. The molecule has 59 heavy (non-hydrogen) atoms. The van der Waals surface area contributed by atoms with Gasteiger partial charge in [-0.25, -0.2) is 4.72 Å². The Morgan fingerprint density at radius 2 is 1.56 bits per heavy atom. The quantitative estimate of drug-likeness (QED) is 0.192. The lowest BCUT2D eigenvalue weighted by Crippen LogP contribution is -2.56. The van der Waals surface area contributed by atoms with Crippen LogP contribution in [0.15, 0.2) is 12.7 Å². The number of hydrogen-bond donors (Lipinski definition) is 2. The highest BCUT2D eigenvalue weighted by Gasteiger charge is 2.85. The van der Waals surface area contributed by atoms with Gasteiger partial charge in [-0.05, 0) is 105 Å². The minimum Gasteiger partial charge on any atom is -0.345 e. The molecular formula is C46H73N5O7S. The molecular weight excluding hydrogens is 767 g/mol. The average Bonchev–Trinajstić information content (AvgIpc) is 3.66. The summed E-state index contributed by atoms with van der Waals surface area (Å²) in [6.45, 7) is 9.27. The van der Waals surface area contributed by atoms with Crippen molar-refractivity contribution in [3.8, 4) is 0 Å². The number of amides is 3. The second kappa shape index (κ2) is 16.2. The zero-order valence-corrected chi connectivity index (χ0v) is 37.0. The number of carbonyl (C=O) groups excluding carboxylic acids is 5. The van der Waals surface area contributed by atoms with Crippen LogP contribution in [-0.4, -0.2) is 103 Å². The Balaban J connectivity index is 1.16. The van der Waals surface area contributed by atoms with E-state index in [-0.39, 0.29) is 71.9 Å². The predicted octanol–water partition coefficient (Wildman–Crippen LogP) is 5.95. The summed E-state index contributed by atoms with van der Waals surface area (Å²) in [5, 5.41) is 3.00. The summed E-state index contributed by atoms with van der Waals surface area (Å²) in [5.41, 5.74) is -2.64. The number of fused-ring (bicyclic) bond motifs is 1. The molecule has 12 nitrogen and oxygen atoms in total. The van der Waals surface area contributed by atoms with Crippen LogP contribution in [0.25, 0.3) is 0 Å². The van der Waals surface area contributed by atoms with Crippen LogP contribution in [0.3, 0.4) is 0 Å². The summed E-state index contributed by atoms with van der Waals surface area (Å²) >= 11 is 0. The van der Waals surface area contributed by atoms with Crippen molar-refractivity contribution in [2.45, 2.75) is 169 Å². The molecule has 7 fully saturated rings. The first-order chi connectivity index (χ1) is 29.7. The maximum absolute atomic E-state index is 15.4. The van der Waals surface area contributed by atoms with Crippen molar-refractivity contribution in [3.05, 3.63) is 12.7 Å². The number of ketones is 2. The molecule has 1 unspecified atom stereocenters. The van der Waals surface area contributed by atoms with Gasteiger partial charge >= 0.3 is 10.2 Å². The van der Waals surface area contributed by atoms with Gasteiger partial charge in [0.25, 0.3) is 0 Å². The molecule has 4 saturated carbocycles. The zero-order chi connectivity index (χ0) is 47.1. The van der Waals surface area contributed by atoms with Crippen molar-refractivity contribution in [3.63, 3.8) is 0 Å². The van der Waals surface area contributed by atoms with Crippen LogP contribution < -0.4 is 10.0 Å². The molecule has 3 amide bonds. The number of nitrogens with one attached hydrogen (secondary N) is 2. The van der Waals surface area contributed by atoms with E-state index in [1.165, 1.54) is 4.31 Å². The molecule has 0 aromatic rings. The maximum Gasteiger partial charge on any atom is 0.303 e. The van der Waals surface area contributed by atoms with Crippen molar-refractivity contribution >= 4 is 39.5 Å². The van der Waals surface area contributed by atoms with Crippen LogP contribution in [0.5, 0.6) is 0 Å².